The number of hydrogen-bond donors (Lipinski definition) is 1. The van der Waals surface area contributed by atoms with Crippen molar-refractivity contribution in [3.8, 4) is 0 Å². The van der Waals surface area contributed by atoms with Crippen LogP contribution in [-0.2, 0) is 4.79 Å². The first-order chi connectivity index (χ1) is 8.15. The molecule has 1 saturated heterocycles. The third-order valence-electron chi connectivity index (χ3n) is 2.70. The summed E-state index contributed by atoms with van der Waals surface area (Å²) in [5.41, 5.74) is 1.03. The maximum absolute atomic E-state index is 11.7. The zero-order chi connectivity index (χ0) is 12.7. The van der Waals surface area contributed by atoms with Gasteiger partial charge in [-0.15, -0.1) is 0 Å². The van der Waals surface area contributed by atoms with Gasteiger partial charge >= 0.3 is 0 Å². The van der Waals surface area contributed by atoms with Crippen molar-refractivity contribution in [2.45, 2.75) is 19.8 Å². The van der Waals surface area contributed by atoms with Gasteiger partial charge in [0.1, 0.15) is 0 Å². The summed E-state index contributed by atoms with van der Waals surface area (Å²) >= 11 is 1.49. The minimum Gasteiger partial charge on any atom is -0.382 e. The van der Waals surface area contributed by atoms with Crippen molar-refractivity contribution >= 4 is 17.7 Å². The topological polar surface area (TPSA) is 32.3 Å². The molecule has 1 fully saturated rings. The van der Waals surface area contributed by atoms with Crippen LogP contribution in [0.25, 0.3) is 0 Å². The first-order valence-corrected chi connectivity index (χ1v) is 6.68. The largest absolute Gasteiger partial charge is 0.382 e. The van der Waals surface area contributed by atoms with E-state index in [4.69, 9.17) is 0 Å². The monoisotopic (exact) mass is 252 g/mol. The number of nitrogens with zero attached hydrogens (tertiary/aromatic N) is 1. The van der Waals surface area contributed by atoms with E-state index in [0.29, 0.717) is 6.54 Å². The number of allylic oxidation sites excluding steroid dienone is 1. The van der Waals surface area contributed by atoms with E-state index in [0.717, 1.165) is 36.4 Å². The molecule has 0 atom stereocenters. The summed E-state index contributed by atoms with van der Waals surface area (Å²) in [4.78, 5) is 14.6. The average molecular weight is 252 g/mol. The summed E-state index contributed by atoms with van der Waals surface area (Å²) in [6.45, 7) is 11.7. The van der Waals surface area contributed by atoms with Crippen molar-refractivity contribution in [3.05, 3.63) is 35.2 Å². The van der Waals surface area contributed by atoms with Crippen LogP contribution in [0, 0.1) is 0 Å². The summed E-state index contributed by atoms with van der Waals surface area (Å²) in [5.74, 6) is 0.175. The number of amides is 1. The van der Waals surface area contributed by atoms with E-state index in [2.05, 4.69) is 18.5 Å². The highest BCUT2D eigenvalue weighted by Crippen LogP contribution is 2.21. The predicted molar refractivity (Wildman–Crippen MR) is 74.5 cm³/mol. The third-order valence-corrected chi connectivity index (χ3v) is 3.47. The first-order valence-electron chi connectivity index (χ1n) is 5.80. The van der Waals surface area contributed by atoms with Gasteiger partial charge in [-0.2, -0.15) is 0 Å². The number of hydrogen-bond acceptors (Lipinski definition) is 3. The number of carbonyl (C=O) groups excluding carboxylic acids is 1. The van der Waals surface area contributed by atoms with E-state index in [1.165, 1.54) is 11.8 Å². The highest BCUT2D eigenvalue weighted by molar-refractivity contribution is 8.06. The molecule has 0 aromatic rings. The second-order valence-corrected chi connectivity index (χ2v) is 5.07. The molecule has 0 aliphatic carbocycles. The molecule has 1 amide bonds. The van der Waals surface area contributed by atoms with E-state index in [1.54, 1.807) is 5.41 Å². The van der Waals surface area contributed by atoms with Gasteiger partial charge in [-0.3, -0.25) is 4.79 Å². The van der Waals surface area contributed by atoms with Crippen LogP contribution in [0.15, 0.2) is 35.2 Å². The fourth-order valence-corrected chi connectivity index (χ4v) is 2.09. The molecule has 0 aromatic heterocycles. The molecule has 17 heavy (non-hydrogen) atoms. The van der Waals surface area contributed by atoms with Crippen LogP contribution >= 0.6 is 11.8 Å². The van der Waals surface area contributed by atoms with Crippen LogP contribution in [0.3, 0.4) is 0 Å². The van der Waals surface area contributed by atoms with Crippen molar-refractivity contribution in [1.29, 1.82) is 0 Å². The molecule has 3 nitrogen and oxygen atoms in total. The first kappa shape index (κ1) is 13.9. The molecule has 1 aliphatic heterocycles. The molecule has 0 saturated carbocycles. The van der Waals surface area contributed by atoms with Gasteiger partial charge in [-0.05, 0) is 30.7 Å². The van der Waals surface area contributed by atoms with E-state index < -0.39 is 0 Å². The van der Waals surface area contributed by atoms with Crippen LogP contribution in [0.2, 0.25) is 0 Å². The second kappa shape index (κ2) is 7.22. The van der Waals surface area contributed by atoms with Crippen molar-refractivity contribution in [1.82, 2.24) is 10.2 Å². The molecule has 94 valence electrons. The Morgan fingerprint density at radius 3 is 2.71 bits per heavy atom. The Hall–Kier alpha value is -1.16. The lowest BCUT2D eigenvalue weighted by Crippen LogP contribution is -2.34. The summed E-state index contributed by atoms with van der Waals surface area (Å²) in [6, 6.07) is 0. The average Bonchev–Trinajstić information content (AvgIpc) is 2.82. The lowest BCUT2D eigenvalue weighted by Gasteiger charge is -2.15. The van der Waals surface area contributed by atoms with Gasteiger partial charge in [0, 0.05) is 24.2 Å². The zero-order valence-electron chi connectivity index (χ0n) is 10.4. The minimum absolute atomic E-state index is 0.175. The van der Waals surface area contributed by atoms with Gasteiger partial charge in [-0.1, -0.05) is 24.9 Å². The maximum atomic E-state index is 11.7. The Balaban J connectivity index is 2.30. The van der Waals surface area contributed by atoms with E-state index >= 15 is 0 Å². The highest BCUT2D eigenvalue weighted by Gasteiger charge is 2.16. The van der Waals surface area contributed by atoms with Gasteiger partial charge in [-0.25, -0.2) is 0 Å². The number of thioether (sulfide) groups is 1. The third kappa shape index (κ3) is 4.69. The van der Waals surface area contributed by atoms with Gasteiger partial charge in [0.25, 0.3) is 0 Å². The molecule has 1 heterocycles. The quantitative estimate of drug-likeness (QED) is 0.737. The molecule has 0 spiro atoms. The second-order valence-electron chi connectivity index (χ2n) is 4.00. The Bertz CT molecular complexity index is 330. The van der Waals surface area contributed by atoms with E-state index in [-0.39, 0.29) is 5.91 Å². The standard InChI is InChI=1S/C13H20N2OS/c1-4-17-12(3)11(2)9-14-10-13(16)15-7-5-6-8-15/h4,9,14H,1,3,5-8,10H2,2H3/b11-9-. The van der Waals surface area contributed by atoms with Gasteiger partial charge in [0.15, 0.2) is 0 Å². The molecular weight excluding hydrogens is 232 g/mol. The summed E-state index contributed by atoms with van der Waals surface area (Å²) in [7, 11) is 0. The van der Waals surface area contributed by atoms with Gasteiger partial charge in [0.05, 0.1) is 6.54 Å². The molecule has 1 aliphatic rings. The van der Waals surface area contributed by atoms with E-state index in [9.17, 15) is 4.79 Å². The summed E-state index contributed by atoms with van der Waals surface area (Å²) in [5, 5.41) is 4.78. The van der Waals surface area contributed by atoms with E-state index in [1.807, 2.05) is 18.0 Å². The smallest absolute Gasteiger partial charge is 0.241 e. The van der Waals surface area contributed by atoms with Crippen molar-refractivity contribution < 1.29 is 4.79 Å². The zero-order valence-corrected chi connectivity index (χ0v) is 11.2. The summed E-state index contributed by atoms with van der Waals surface area (Å²) < 4.78 is 0. The van der Waals surface area contributed by atoms with Crippen LogP contribution in [0.5, 0.6) is 0 Å². The number of nitrogens with one attached hydrogen (secondary N) is 1. The molecule has 0 unspecified atom stereocenters. The number of carbonyl (C=O) groups is 1. The normalized spacial score (nSPS) is 15.8. The Labute approximate surface area is 108 Å². The lowest BCUT2D eigenvalue weighted by molar-refractivity contribution is -0.128. The van der Waals surface area contributed by atoms with Crippen LogP contribution < -0.4 is 5.32 Å². The molecule has 1 rings (SSSR count). The van der Waals surface area contributed by atoms with Gasteiger partial charge < -0.3 is 10.2 Å². The van der Waals surface area contributed by atoms with Crippen molar-refractivity contribution in [3.63, 3.8) is 0 Å². The van der Waals surface area contributed by atoms with Crippen molar-refractivity contribution in [2.75, 3.05) is 19.6 Å². The molecule has 1 N–H and O–H groups in total. The van der Waals surface area contributed by atoms with Crippen molar-refractivity contribution in [2.24, 2.45) is 0 Å². The SMILES string of the molecule is C=CSC(=C)/C(C)=C\NCC(=O)N1CCCC1. The summed E-state index contributed by atoms with van der Waals surface area (Å²) in [6.07, 6.45) is 4.10. The van der Waals surface area contributed by atoms with Gasteiger partial charge in [0.2, 0.25) is 5.91 Å². The van der Waals surface area contributed by atoms with Crippen LogP contribution in [0.4, 0.5) is 0 Å². The molecule has 0 bridgehead atoms. The lowest BCUT2D eigenvalue weighted by atomic mass is 10.3. The Morgan fingerprint density at radius 1 is 1.47 bits per heavy atom. The molecule has 4 heteroatoms. The Kier molecular flexibility index (Phi) is 5.91. The molecule has 0 aromatic carbocycles. The van der Waals surface area contributed by atoms with Crippen LogP contribution in [0.1, 0.15) is 19.8 Å². The predicted octanol–water partition coefficient (Wildman–Crippen LogP) is 2.49. The number of likely N-dealkylation sites (tertiary alicyclic amines) is 1. The highest BCUT2D eigenvalue weighted by atomic mass is 32.2. The minimum atomic E-state index is 0.175. The molecular formula is C13H20N2OS. The van der Waals surface area contributed by atoms with Crippen LogP contribution in [-0.4, -0.2) is 30.4 Å². The maximum Gasteiger partial charge on any atom is 0.241 e. The fourth-order valence-electron chi connectivity index (χ4n) is 1.64. The number of rotatable bonds is 6. The fraction of sp³-hybridized carbons (Fsp3) is 0.462. The molecule has 0 radical (unpaired) electrons. The Morgan fingerprint density at radius 2 is 2.12 bits per heavy atom.